The number of aromatic carboxylic acids is 1. The minimum Gasteiger partial charge on any atom is -0.478 e. The van der Waals surface area contributed by atoms with Gasteiger partial charge in [-0.2, -0.15) is 0 Å². The number of carboxylic acid groups (broad SMARTS) is 1. The topological polar surface area (TPSA) is 78.4 Å². The van der Waals surface area contributed by atoms with E-state index in [1.807, 2.05) is 6.92 Å². The number of anilines is 1. The van der Waals surface area contributed by atoms with Crippen LogP contribution in [0.3, 0.4) is 0 Å². The summed E-state index contributed by atoms with van der Waals surface area (Å²) in [5.74, 6) is -0.394. The van der Waals surface area contributed by atoms with Gasteiger partial charge < -0.3 is 15.7 Å². The molecule has 0 aromatic heterocycles. The number of aryl methyl sites for hydroxylation is 1. The molecule has 1 atom stereocenters. The first-order chi connectivity index (χ1) is 9.79. The van der Waals surface area contributed by atoms with E-state index in [1.165, 1.54) is 6.07 Å². The van der Waals surface area contributed by atoms with E-state index < -0.39 is 5.97 Å². The minimum atomic E-state index is -0.998. The van der Waals surface area contributed by atoms with Gasteiger partial charge in [0.25, 0.3) is 0 Å². The molecule has 0 fully saturated rings. The number of hydrogen-bond acceptors (Lipinski definition) is 2. The van der Waals surface area contributed by atoms with Gasteiger partial charge in [0.2, 0.25) is 0 Å². The maximum Gasteiger partial charge on any atom is 0.336 e. The molecule has 0 aliphatic carbocycles. The summed E-state index contributed by atoms with van der Waals surface area (Å²) in [6.45, 7) is 7.97. The van der Waals surface area contributed by atoms with Crippen LogP contribution in [0.1, 0.15) is 49.5 Å². The van der Waals surface area contributed by atoms with Crippen LogP contribution in [-0.2, 0) is 0 Å². The summed E-state index contributed by atoms with van der Waals surface area (Å²) in [6, 6.07) is 4.61. The molecular weight excluding hydrogens is 268 g/mol. The summed E-state index contributed by atoms with van der Waals surface area (Å²) in [5, 5.41) is 14.6. The van der Waals surface area contributed by atoms with Crippen LogP contribution in [0.15, 0.2) is 18.2 Å². The van der Waals surface area contributed by atoms with Gasteiger partial charge in [-0.25, -0.2) is 9.59 Å². The lowest BCUT2D eigenvalue weighted by atomic mass is 10.0. The predicted molar refractivity (Wildman–Crippen MR) is 83.8 cm³/mol. The third-order valence-electron chi connectivity index (χ3n) is 3.28. The predicted octanol–water partition coefficient (Wildman–Crippen LogP) is 3.64. The Kier molecular flexibility index (Phi) is 6.21. The zero-order valence-electron chi connectivity index (χ0n) is 13.1. The number of amides is 2. The van der Waals surface area contributed by atoms with Gasteiger partial charge in [0.1, 0.15) is 0 Å². The molecule has 0 aliphatic heterocycles. The lowest BCUT2D eigenvalue weighted by molar-refractivity contribution is 0.0696. The van der Waals surface area contributed by atoms with E-state index in [0.717, 1.165) is 12.8 Å². The zero-order valence-corrected chi connectivity index (χ0v) is 13.1. The number of rotatable bonds is 6. The van der Waals surface area contributed by atoms with Crippen molar-refractivity contribution >= 4 is 17.7 Å². The Bertz CT molecular complexity index is 512. The van der Waals surface area contributed by atoms with Crippen molar-refractivity contribution in [1.82, 2.24) is 5.32 Å². The van der Waals surface area contributed by atoms with Gasteiger partial charge in [0, 0.05) is 11.7 Å². The van der Waals surface area contributed by atoms with Gasteiger partial charge in [-0.15, -0.1) is 0 Å². The summed E-state index contributed by atoms with van der Waals surface area (Å²) >= 11 is 0. The second-order valence-electron chi connectivity index (χ2n) is 5.81. The van der Waals surface area contributed by atoms with E-state index in [2.05, 4.69) is 24.5 Å². The van der Waals surface area contributed by atoms with Crippen molar-refractivity contribution in [3.63, 3.8) is 0 Å². The second kappa shape index (κ2) is 7.67. The number of urea groups is 1. The molecule has 3 N–H and O–H groups in total. The van der Waals surface area contributed by atoms with Gasteiger partial charge in [-0.1, -0.05) is 19.9 Å². The first kappa shape index (κ1) is 17.0. The SMILES string of the molecule is Cc1ccc(NC(=O)NC(C)CCC(C)C)cc1C(=O)O. The smallest absolute Gasteiger partial charge is 0.336 e. The van der Waals surface area contributed by atoms with Crippen LogP contribution in [-0.4, -0.2) is 23.1 Å². The van der Waals surface area contributed by atoms with Crippen molar-refractivity contribution in [3.8, 4) is 0 Å². The standard InChI is InChI=1S/C16H24N2O3/c1-10(2)5-7-12(4)17-16(21)18-13-8-6-11(3)14(9-13)15(19)20/h6,8-10,12H,5,7H2,1-4H3,(H,19,20)(H2,17,18,21). The average Bonchev–Trinajstić information content (AvgIpc) is 2.38. The van der Waals surface area contributed by atoms with Crippen LogP contribution in [0, 0.1) is 12.8 Å². The molecule has 1 aromatic rings. The molecule has 0 heterocycles. The third kappa shape index (κ3) is 5.85. The first-order valence-corrected chi connectivity index (χ1v) is 7.21. The van der Waals surface area contributed by atoms with Gasteiger partial charge in [0.05, 0.1) is 5.56 Å². The molecule has 0 saturated heterocycles. The van der Waals surface area contributed by atoms with E-state index >= 15 is 0 Å². The Labute approximate surface area is 125 Å². The number of carbonyl (C=O) groups excluding carboxylic acids is 1. The lowest BCUT2D eigenvalue weighted by Crippen LogP contribution is -2.36. The summed E-state index contributed by atoms with van der Waals surface area (Å²) in [7, 11) is 0. The van der Waals surface area contributed by atoms with Crippen LogP contribution in [0.4, 0.5) is 10.5 Å². The molecule has 0 aliphatic rings. The van der Waals surface area contributed by atoms with Gasteiger partial charge in [0.15, 0.2) is 0 Å². The lowest BCUT2D eigenvalue weighted by Gasteiger charge is -2.16. The van der Waals surface area contributed by atoms with Crippen LogP contribution in [0.5, 0.6) is 0 Å². The molecule has 2 amide bonds. The highest BCUT2D eigenvalue weighted by Crippen LogP contribution is 2.15. The van der Waals surface area contributed by atoms with Crippen molar-refractivity contribution in [3.05, 3.63) is 29.3 Å². The van der Waals surface area contributed by atoms with Crippen molar-refractivity contribution in [2.75, 3.05) is 5.32 Å². The molecule has 0 radical (unpaired) electrons. The summed E-state index contributed by atoms with van der Waals surface area (Å²) in [5.41, 5.74) is 1.34. The van der Waals surface area contributed by atoms with Crippen LogP contribution < -0.4 is 10.6 Å². The molecule has 1 unspecified atom stereocenters. The summed E-state index contributed by atoms with van der Waals surface area (Å²) in [4.78, 5) is 22.9. The van der Waals surface area contributed by atoms with Crippen molar-refractivity contribution in [2.45, 2.75) is 46.6 Å². The van der Waals surface area contributed by atoms with E-state index in [4.69, 9.17) is 5.11 Å². The van der Waals surface area contributed by atoms with E-state index in [0.29, 0.717) is 17.2 Å². The highest BCUT2D eigenvalue weighted by atomic mass is 16.4. The zero-order chi connectivity index (χ0) is 16.0. The molecule has 116 valence electrons. The Morgan fingerprint density at radius 1 is 1.19 bits per heavy atom. The summed E-state index contributed by atoms with van der Waals surface area (Å²) in [6.07, 6.45) is 1.97. The molecule has 5 nitrogen and oxygen atoms in total. The normalized spacial score (nSPS) is 12.0. The Balaban J connectivity index is 2.59. The monoisotopic (exact) mass is 292 g/mol. The molecule has 1 rings (SSSR count). The number of hydrogen-bond donors (Lipinski definition) is 3. The molecule has 21 heavy (non-hydrogen) atoms. The third-order valence-corrected chi connectivity index (χ3v) is 3.28. The number of carbonyl (C=O) groups is 2. The fourth-order valence-corrected chi connectivity index (χ4v) is 1.98. The minimum absolute atomic E-state index is 0.0804. The molecular formula is C16H24N2O3. The molecule has 0 spiro atoms. The highest BCUT2D eigenvalue weighted by molar-refractivity contribution is 5.94. The summed E-state index contributed by atoms with van der Waals surface area (Å²) < 4.78 is 0. The Hall–Kier alpha value is -2.04. The van der Waals surface area contributed by atoms with Crippen LogP contribution in [0.25, 0.3) is 0 Å². The average molecular weight is 292 g/mol. The van der Waals surface area contributed by atoms with E-state index in [9.17, 15) is 9.59 Å². The number of nitrogens with one attached hydrogen (secondary N) is 2. The fourth-order valence-electron chi connectivity index (χ4n) is 1.98. The van der Waals surface area contributed by atoms with Crippen molar-refractivity contribution in [2.24, 2.45) is 5.92 Å². The number of benzene rings is 1. The van der Waals surface area contributed by atoms with Gasteiger partial charge in [-0.3, -0.25) is 0 Å². The Morgan fingerprint density at radius 2 is 1.86 bits per heavy atom. The van der Waals surface area contributed by atoms with Crippen LogP contribution >= 0.6 is 0 Å². The maximum absolute atomic E-state index is 11.9. The quantitative estimate of drug-likeness (QED) is 0.749. The fraction of sp³-hybridized carbons (Fsp3) is 0.500. The molecule has 1 aromatic carbocycles. The molecule has 0 saturated carbocycles. The Morgan fingerprint density at radius 3 is 2.43 bits per heavy atom. The van der Waals surface area contributed by atoms with Crippen molar-refractivity contribution < 1.29 is 14.7 Å². The van der Waals surface area contributed by atoms with E-state index in [-0.39, 0.29) is 17.6 Å². The molecule has 0 bridgehead atoms. The largest absolute Gasteiger partial charge is 0.478 e. The maximum atomic E-state index is 11.9. The molecule has 5 heteroatoms. The first-order valence-electron chi connectivity index (χ1n) is 7.21. The highest BCUT2D eigenvalue weighted by Gasteiger charge is 2.11. The number of carboxylic acids is 1. The second-order valence-corrected chi connectivity index (χ2v) is 5.81. The van der Waals surface area contributed by atoms with E-state index in [1.54, 1.807) is 19.1 Å². The van der Waals surface area contributed by atoms with Gasteiger partial charge in [-0.05, 0) is 50.3 Å². The van der Waals surface area contributed by atoms with Crippen molar-refractivity contribution in [1.29, 1.82) is 0 Å². The van der Waals surface area contributed by atoms with Gasteiger partial charge >= 0.3 is 12.0 Å². The van der Waals surface area contributed by atoms with Crippen LogP contribution in [0.2, 0.25) is 0 Å².